The Labute approximate surface area is 165 Å². The monoisotopic (exact) mass is 378 g/mol. The van der Waals surface area contributed by atoms with Crippen LogP contribution in [0.5, 0.6) is 0 Å². The molecule has 0 saturated carbocycles. The topological polar surface area (TPSA) is 37.3 Å². The molecule has 0 heterocycles. The third-order valence-electron chi connectivity index (χ3n) is 5.27. The molecule has 2 atom stereocenters. The summed E-state index contributed by atoms with van der Waals surface area (Å²) in [6.45, 7) is 6.42. The standard InChI is InChI=1S/C23H38O2S/c1-4-6-7-8-9-11-14-20(5-2)18-26-19-23(3,22(24)25)17-21-15-12-10-13-16-21/h10,12-13,15-16,20H,4-9,11,14,17-19H2,1-3H3,(H,24,25). The number of thioether (sulfide) groups is 1. The summed E-state index contributed by atoms with van der Waals surface area (Å²) in [5, 5.41) is 9.75. The minimum absolute atomic E-state index is 0.602. The lowest BCUT2D eigenvalue weighted by atomic mass is 9.86. The van der Waals surface area contributed by atoms with Crippen LogP contribution in [0.2, 0.25) is 0 Å². The van der Waals surface area contributed by atoms with Crippen LogP contribution in [0.25, 0.3) is 0 Å². The van der Waals surface area contributed by atoms with E-state index in [1.165, 1.54) is 51.4 Å². The summed E-state index contributed by atoms with van der Waals surface area (Å²) in [6.07, 6.45) is 11.2. The number of carboxylic acids is 1. The molecule has 1 aromatic rings. The van der Waals surface area contributed by atoms with E-state index in [1.54, 1.807) is 0 Å². The van der Waals surface area contributed by atoms with Crippen LogP contribution in [-0.2, 0) is 11.2 Å². The molecule has 0 spiro atoms. The van der Waals surface area contributed by atoms with E-state index in [2.05, 4.69) is 13.8 Å². The number of hydrogen-bond donors (Lipinski definition) is 1. The lowest BCUT2D eigenvalue weighted by Crippen LogP contribution is -2.33. The molecule has 0 aliphatic rings. The molecule has 26 heavy (non-hydrogen) atoms. The molecule has 1 N–H and O–H groups in total. The number of aliphatic carboxylic acids is 1. The zero-order valence-corrected chi connectivity index (χ0v) is 17.8. The van der Waals surface area contributed by atoms with Gasteiger partial charge in [-0.2, -0.15) is 11.8 Å². The normalized spacial score (nSPS) is 14.7. The number of benzene rings is 1. The van der Waals surface area contributed by atoms with Crippen LogP contribution >= 0.6 is 11.8 Å². The number of unbranched alkanes of at least 4 members (excludes halogenated alkanes) is 5. The van der Waals surface area contributed by atoms with Gasteiger partial charge in [-0.25, -0.2) is 0 Å². The van der Waals surface area contributed by atoms with E-state index in [0.29, 0.717) is 12.2 Å². The first-order valence-corrected chi connectivity index (χ1v) is 11.5. The van der Waals surface area contributed by atoms with Crippen LogP contribution in [-0.4, -0.2) is 22.6 Å². The zero-order valence-electron chi connectivity index (χ0n) is 17.0. The van der Waals surface area contributed by atoms with Crippen LogP contribution in [0.3, 0.4) is 0 Å². The second-order valence-corrected chi connectivity index (χ2v) is 8.90. The molecule has 2 nitrogen and oxygen atoms in total. The van der Waals surface area contributed by atoms with E-state index in [4.69, 9.17) is 0 Å². The van der Waals surface area contributed by atoms with Gasteiger partial charge in [0.1, 0.15) is 0 Å². The number of carboxylic acid groups (broad SMARTS) is 1. The Hall–Kier alpha value is -0.960. The molecule has 1 rings (SSSR count). The van der Waals surface area contributed by atoms with Crippen molar-refractivity contribution >= 4 is 17.7 Å². The molecule has 2 unspecified atom stereocenters. The first-order valence-electron chi connectivity index (χ1n) is 10.4. The van der Waals surface area contributed by atoms with Crippen molar-refractivity contribution in [1.82, 2.24) is 0 Å². The summed E-state index contributed by atoms with van der Waals surface area (Å²) >= 11 is 1.83. The van der Waals surface area contributed by atoms with Crippen LogP contribution in [0, 0.1) is 11.3 Å². The van der Waals surface area contributed by atoms with Gasteiger partial charge >= 0.3 is 5.97 Å². The molecule has 0 bridgehead atoms. The van der Waals surface area contributed by atoms with Crippen LogP contribution in [0.4, 0.5) is 0 Å². The molecule has 3 heteroatoms. The molecule has 1 aromatic carbocycles. The maximum Gasteiger partial charge on any atom is 0.310 e. The second-order valence-electron chi connectivity index (χ2n) is 7.87. The average molecular weight is 379 g/mol. The van der Waals surface area contributed by atoms with Gasteiger partial charge in [-0.05, 0) is 37.0 Å². The maximum atomic E-state index is 11.9. The highest BCUT2D eigenvalue weighted by Crippen LogP contribution is 2.30. The predicted molar refractivity (Wildman–Crippen MR) is 115 cm³/mol. The molecule has 0 fully saturated rings. The lowest BCUT2D eigenvalue weighted by molar-refractivity contribution is -0.146. The third-order valence-corrected chi connectivity index (χ3v) is 6.82. The highest BCUT2D eigenvalue weighted by Gasteiger charge is 2.33. The Morgan fingerprint density at radius 1 is 1.08 bits per heavy atom. The summed E-state index contributed by atoms with van der Waals surface area (Å²) in [5.41, 5.74) is 0.418. The summed E-state index contributed by atoms with van der Waals surface area (Å²) < 4.78 is 0. The maximum absolute atomic E-state index is 11.9. The molecule has 148 valence electrons. The lowest BCUT2D eigenvalue weighted by Gasteiger charge is -2.25. The van der Waals surface area contributed by atoms with Gasteiger partial charge < -0.3 is 5.11 Å². The number of hydrogen-bond acceptors (Lipinski definition) is 2. The van der Waals surface area contributed by atoms with Crippen LogP contribution in [0.15, 0.2) is 30.3 Å². The summed E-state index contributed by atoms with van der Waals surface area (Å²) in [6, 6.07) is 10.00. The van der Waals surface area contributed by atoms with Crippen molar-refractivity contribution in [2.24, 2.45) is 11.3 Å². The minimum atomic E-state index is -0.690. The molecule has 0 aromatic heterocycles. The quantitative estimate of drug-likeness (QED) is 0.340. The van der Waals surface area contributed by atoms with Gasteiger partial charge in [0, 0.05) is 5.75 Å². The van der Waals surface area contributed by atoms with E-state index >= 15 is 0 Å². The molecule has 0 amide bonds. The van der Waals surface area contributed by atoms with Gasteiger partial charge in [-0.15, -0.1) is 0 Å². The van der Waals surface area contributed by atoms with Crippen molar-refractivity contribution in [3.05, 3.63) is 35.9 Å². The molecule has 0 aliphatic heterocycles. The highest BCUT2D eigenvalue weighted by molar-refractivity contribution is 7.99. The van der Waals surface area contributed by atoms with Crippen molar-refractivity contribution in [2.75, 3.05) is 11.5 Å². The largest absolute Gasteiger partial charge is 0.481 e. The van der Waals surface area contributed by atoms with Crippen molar-refractivity contribution in [3.63, 3.8) is 0 Å². The van der Waals surface area contributed by atoms with E-state index in [0.717, 1.165) is 17.2 Å². The van der Waals surface area contributed by atoms with E-state index in [1.807, 2.05) is 49.0 Å². The smallest absolute Gasteiger partial charge is 0.310 e. The first-order chi connectivity index (χ1) is 12.5. The second kappa shape index (κ2) is 13.2. The number of rotatable bonds is 15. The molecule has 0 saturated heterocycles. The van der Waals surface area contributed by atoms with Gasteiger partial charge in [-0.1, -0.05) is 89.1 Å². The van der Waals surface area contributed by atoms with Crippen molar-refractivity contribution in [3.8, 4) is 0 Å². The Balaban J connectivity index is 2.36. The van der Waals surface area contributed by atoms with Gasteiger partial charge in [0.2, 0.25) is 0 Å². The SMILES string of the molecule is CCCCCCCCC(CC)CSCC(C)(Cc1ccccc1)C(=O)O. The summed E-state index contributed by atoms with van der Waals surface area (Å²) in [4.78, 5) is 11.9. The fraction of sp³-hybridized carbons (Fsp3) is 0.696. The van der Waals surface area contributed by atoms with Gasteiger partial charge in [-0.3, -0.25) is 4.79 Å². The van der Waals surface area contributed by atoms with Gasteiger partial charge in [0.25, 0.3) is 0 Å². The molecule has 0 radical (unpaired) electrons. The zero-order chi connectivity index (χ0) is 19.3. The van der Waals surface area contributed by atoms with Gasteiger partial charge in [0.15, 0.2) is 0 Å². The predicted octanol–water partition coefficient (Wildman–Crippen LogP) is 6.83. The summed E-state index contributed by atoms with van der Waals surface area (Å²) in [5.74, 6) is 1.81. The Morgan fingerprint density at radius 3 is 2.35 bits per heavy atom. The molecular formula is C23H38O2S. The molecular weight excluding hydrogens is 340 g/mol. The Kier molecular flexibility index (Phi) is 11.8. The summed E-state index contributed by atoms with van der Waals surface area (Å²) in [7, 11) is 0. The Morgan fingerprint density at radius 2 is 1.73 bits per heavy atom. The van der Waals surface area contributed by atoms with Crippen molar-refractivity contribution in [1.29, 1.82) is 0 Å². The van der Waals surface area contributed by atoms with E-state index in [9.17, 15) is 9.90 Å². The van der Waals surface area contributed by atoms with Gasteiger partial charge in [0.05, 0.1) is 5.41 Å². The van der Waals surface area contributed by atoms with E-state index < -0.39 is 11.4 Å². The fourth-order valence-corrected chi connectivity index (χ4v) is 4.83. The average Bonchev–Trinajstić information content (AvgIpc) is 2.63. The van der Waals surface area contributed by atoms with E-state index in [-0.39, 0.29) is 0 Å². The fourth-order valence-electron chi connectivity index (χ4n) is 3.30. The van der Waals surface area contributed by atoms with Crippen LogP contribution < -0.4 is 0 Å². The first kappa shape index (κ1) is 23.1. The minimum Gasteiger partial charge on any atom is -0.481 e. The third kappa shape index (κ3) is 9.12. The van der Waals surface area contributed by atoms with Crippen LogP contribution in [0.1, 0.15) is 77.7 Å². The molecule has 0 aliphatic carbocycles. The van der Waals surface area contributed by atoms with Crippen molar-refractivity contribution in [2.45, 2.75) is 78.6 Å². The Bertz CT molecular complexity index is 488. The highest BCUT2D eigenvalue weighted by atomic mass is 32.2. The number of carbonyl (C=O) groups is 1. The van der Waals surface area contributed by atoms with Crippen molar-refractivity contribution < 1.29 is 9.90 Å².